The molecule has 1 atom stereocenters. The summed E-state index contributed by atoms with van der Waals surface area (Å²) in [6, 6.07) is 7.59. The van der Waals surface area contributed by atoms with Crippen LogP contribution < -0.4 is 21.5 Å². The number of nitrogens with zero attached hydrogens (tertiary/aromatic N) is 2. The second-order valence-electron chi connectivity index (χ2n) is 11.4. The highest BCUT2D eigenvalue weighted by Gasteiger charge is 2.26. The number of rotatable bonds is 6. The maximum Gasteiger partial charge on any atom is 0.410 e. The summed E-state index contributed by atoms with van der Waals surface area (Å²) in [5.74, 6) is 0.820. The third-order valence-corrected chi connectivity index (χ3v) is 6.20. The fourth-order valence-corrected chi connectivity index (χ4v) is 3.98. The summed E-state index contributed by atoms with van der Waals surface area (Å²) >= 11 is 0. The van der Waals surface area contributed by atoms with Gasteiger partial charge in [-0.2, -0.15) is 0 Å². The molecule has 1 fully saturated rings. The van der Waals surface area contributed by atoms with Crippen LogP contribution in [-0.4, -0.2) is 92.0 Å². The smallest absolute Gasteiger partial charge is 0.410 e. The molecule has 0 spiro atoms. The van der Waals surface area contributed by atoms with Gasteiger partial charge in [0.25, 0.3) is 0 Å². The second kappa shape index (κ2) is 25.2. The number of amides is 3. The first-order valence-corrected chi connectivity index (χ1v) is 15.5. The topological polar surface area (TPSA) is 157 Å². The van der Waals surface area contributed by atoms with Crippen LogP contribution in [0.5, 0.6) is 5.75 Å². The van der Waals surface area contributed by atoms with Gasteiger partial charge in [0.05, 0.1) is 6.61 Å². The molecule has 0 aromatic heterocycles. The van der Waals surface area contributed by atoms with Crippen molar-refractivity contribution in [1.29, 1.82) is 0 Å². The predicted octanol–water partition coefficient (Wildman–Crippen LogP) is 4.54. The van der Waals surface area contributed by atoms with Crippen molar-refractivity contribution in [3.8, 4) is 5.75 Å². The lowest BCUT2D eigenvalue weighted by Crippen LogP contribution is -2.45. The van der Waals surface area contributed by atoms with Gasteiger partial charge in [-0.3, -0.25) is 14.5 Å². The number of aryl methyl sites for hydroxylation is 1. The van der Waals surface area contributed by atoms with Crippen molar-refractivity contribution in [1.82, 2.24) is 15.1 Å². The van der Waals surface area contributed by atoms with E-state index in [0.29, 0.717) is 12.3 Å². The molecule has 1 aromatic carbocycles. The maximum absolute atomic E-state index is 11.8. The SMILES string of the molecule is C=O.CC.CC(C(N)=O)N(C)C(=O)OC(C)(C)C.CCNC(C)(C)CC(=O)N1CCCC1.CN.c1ccc2c(c1)CCCO2. The van der Waals surface area contributed by atoms with E-state index in [1.807, 2.05) is 37.7 Å². The molecule has 0 bridgehead atoms. The number of likely N-dealkylation sites (tertiary alicyclic amines) is 1. The van der Waals surface area contributed by atoms with Gasteiger partial charge in [0.15, 0.2) is 0 Å². The van der Waals surface area contributed by atoms with E-state index in [0.717, 1.165) is 38.4 Å². The van der Waals surface area contributed by atoms with E-state index in [1.54, 1.807) is 27.7 Å². The Balaban J connectivity index is -0.000000531. The lowest BCUT2D eigenvalue weighted by Gasteiger charge is -2.27. The van der Waals surface area contributed by atoms with Crippen molar-refractivity contribution in [3.05, 3.63) is 29.8 Å². The minimum Gasteiger partial charge on any atom is -0.493 e. The van der Waals surface area contributed by atoms with Gasteiger partial charge >= 0.3 is 6.09 Å². The van der Waals surface area contributed by atoms with Crippen LogP contribution in [0.25, 0.3) is 0 Å². The van der Waals surface area contributed by atoms with Gasteiger partial charge < -0.3 is 36.0 Å². The molecule has 5 N–H and O–H groups in total. The summed E-state index contributed by atoms with van der Waals surface area (Å²) in [5.41, 5.74) is 10.3. The van der Waals surface area contributed by atoms with Crippen LogP contribution in [0.4, 0.5) is 4.79 Å². The van der Waals surface area contributed by atoms with Crippen molar-refractivity contribution >= 4 is 24.7 Å². The van der Waals surface area contributed by atoms with Crippen molar-refractivity contribution in [3.63, 3.8) is 0 Å². The molecule has 44 heavy (non-hydrogen) atoms. The Hall–Kier alpha value is -3.18. The molecule has 3 amide bonds. The molecule has 256 valence electrons. The highest BCUT2D eigenvalue weighted by atomic mass is 16.6. The molecule has 2 aliphatic heterocycles. The molecular weight excluding hydrogens is 562 g/mol. The number of hydrogen-bond acceptors (Lipinski definition) is 8. The summed E-state index contributed by atoms with van der Waals surface area (Å²) in [7, 11) is 2.98. The lowest BCUT2D eigenvalue weighted by molar-refractivity contribution is -0.131. The van der Waals surface area contributed by atoms with Crippen LogP contribution in [0.1, 0.15) is 93.6 Å². The fraction of sp³-hybridized carbons (Fsp3) is 0.697. The average molecular weight is 626 g/mol. The van der Waals surface area contributed by atoms with Crippen LogP contribution in [-0.2, 0) is 25.5 Å². The first-order chi connectivity index (χ1) is 20.7. The summed E-state index contributed by atoms with van der Waals surface area (Å²) in [5, 5.41) is 3.33. The van der Waals surface area contributed by atoms with Crippen molar-refractivity contribution in [2.24, 2.45) is 11.5 Å². The van der Waals surface area contributed by atoms with Gasteiger partial charge in [0.1, 0.15) is 24.2 Å². The van der Waals surface area contributed by atoms with E-state index in [1.165, 1.54) is 43.8 Å². The minimum atomic E-state index is -0.662. The van der Waals surface area contributed by atoms with Crippen LogP contribution >= 0.6 is 0 Å². The number of likely N-dealkylation sites (N-methyl/N-ethyl adjacent to an activating group) is 1. The van der Waals surface area contributed by atoms with Crippen molar-refractivity contribution in [2.45, 2.75) is 112 Å². The first kappa shape index (κ1) is 45.3. The normalized spacial score (nSPS) is 13.7. The van der Waals surface area contributed by atoms with E-state index in [2.05, 4.69) is 44.0 Å². The number of ether oxygens (including phenoxy) is 2. The Bertz CT molecular complexity index is 889. The standard InChI is InChI=1S/C11H22N2O.C9H18N2O3.C9H10O.C2H6.CH5N.CH2O/c1-4-12-11(2,3)9-10(14)13-7-5-6-8-13;1-6(7(10)12)11(5)8(13)14-9(2,3)4;1-2-6-9-8(4-1)5-3-7-10-9;3*1-2/h12H,4-9H2,1-3H3;6H,1-5H3,(H2,10,12);1-2,4,6H,3,5,7H2;1-2H3;2H2,1H3;1H2. The molecule has 1 unspecified atom stereocenters. The van der Waals surface area contributed by atoms with Gasteiger partial charge in [-0.15, -0.1) is 0 Å². The van der Waals surface area contributed by atoms with Gasteiger partial charge in [0.2, 0.25) is 11.8 Å². The summed E-state index contributed by atoms with van der Waals surface area (Å²) in [6.45, 7) is 22.8. The Kier molecular flexibility index (Phi) is 25.9. The number of para-hydroxylation sites is 1. The monoisotopic (exact) mass is 625 g/mol. The summed E-state index contributed by atoms with van der Waals surface area (Å²) in [4.78, 5) is 45.2. The number of nitrogens with one attached hydrogen (secondary N) is 1. The number of benzene rings is 1. The van der Waals surface area contributed by atoms with E-state index >= 15 is 0 Å². The number of nitrogens with two attached hydrogens (primary N) is 2. The lowest BCUT2D eigenvalue weighted by atomic mass is 10.00. The van der Waals surface area contributed by atoms with Gasteiger partial charge in [-0.25, -0.2) is 4.79 Å². The van der Waals surface area contributed by atoms with Crippen LogP contribution in [0.2, 0.25) is 0 Å². The number of carbonyl (C=O) groups excluding carboxylic acids is 4. The zero-order valence-corrected chi connectivity index (χ0v) is 29.5. The van der Waals surface area contributed by atoms with Gasteiger partial charge in [-0.1, -0.05) is 39.0 Å². The maximum atomic E-state index is 11.8. The highest BCUT2D eigenvalue weighted by molar-refractivity contribution is 5.83. The minimum absolute atomic E-state index is 0.0611. The van der Waals surface area contributed by atoms with Crippen molar-refractivity contribution in [2.75, 3.05) is 40.3 Å². The second-order valence-corrected chi connectivity index (χ2v) is 11.4. The molecule has 3 rings (SSSR count). The Morgan fingerprint density at radius 1 is 1.05 bits per heavy atom. The number of fused-ring (bicyclic) bond motifs is 1. The number of primary amides is 1. The number of hydrogen-bond donors (Lipinski definition) is 3. The van der Waals surface area contributed by atoms with Crippen LogP contribution in [0, 0.1) is 0 Å². The van der Waals surface area contributed by atoms with E-state index in [9.17, 15) is 14.4 Å². The average Bonchev–Trinajstić information content (AvgIpc) is 3.55. The highest BCUT2D eigenvalue weighted by Crippen LogP contribution is 2.23. The van der Waals surface area contributed by atoms with Crippen molar-refractivity contribution < 1.29 is 28.7 Å². The molecule has 1 saturated heterocycles. The Labute approximate surface area is 267 Å². The summed E-state index contributed by atoms with van der Waals surface area (Å²) in [6.07, 6.45) is 4.75. The molecule has 11 heteroatoms. The molecule has 11 nitrogen and oxygen atoms in total. The molecular formula is C33H63N5O6. The molecule has 2 heterocycles. The van der Waals surface area contributed by atoms with E-state index in [4.69, 9.17) is 20.0 Å². The van der Waals surface area contributed by atoms with Gasteiger partial charge in [-0.05, 0) is 92.4 Å². The molecule has 1 aromatic rings. The molecule has 0 aliphatic carbocycles. The predicted molar refractivity (Wildman–Crippen MR) is 180 cm³/mol. The quantitative estimate of drug-likeness (QED) is 0.416. The zero-order chi connectivity index (χ0) is 34.9. The Morgan fingerprint density at radius 2 is 1.57 bits per heavy atom. The van der Waals surface area contributed by atoms with E-state index < -0.39 is 23.6 Å². The molecule has 0 saturated carbocycles. The van der Waals surface area contributed by atoms with E-state index in [-0.39, 0.29) is 5.54 Å². The largest absolute Gasteiger partial charge is 0.493 e. The third kappa shape index (κ3) is 20.7. The number of carbonyl (C=O) groups is 4. The zero-order valence-electron chi connectivity index (χ0n) is 29.5. The van der Waals surface area contributed by atoms with Crippen LogP contribution in [0.15, 0.2) is 24.3 Å². The first-order valence-electron chi connectivity index (χ1n) is 15.5. The third-order valence-electron chi connectivity index (χ3n) is 6.20. The molecule has 0 radical (unpaired) electrons. The Morgan fingerprint density at radius 3 is 2.02 bits per heavy atom. The van der Waals surface area contributed by atoms with Crippen LogP contribution in [0.3, 0.4) is 0 Å². The fourth-order valence-electron chi connectivity index (χ4n) is 3.98. The molecule has 2 aliphatic rings. The summed E-state index contributed by atoms with van der Waals surface area (Å²) < 4.78 is 10.5. The van der Waals surface area contributed by atoms with Gasteiger partial charge in [0, 0.05) is 32.1 Å².